The molecule has 7 nitrogen and oxygen atoms in total. The van der Waals surface area contributed by atoms with E-state index in [2.05, 4.69) is 10.4 Å². The zero-order valence-electron chi connectivity index (χ0n) is 21.1. The number of pyridine rings is 1. The number of fused-ring (bicyclic) bond motifs is 1. The van der Waals surface area contributed by atoms with Crippen molar-refractivity contribution < 1.29 is 18.7 Å². The summed E-state index contributed by atoms with van der Waals surface area (Å²) in [4.78, 5) is 17.5. The van der Waals surface area contributed by atoms with Crippen LogP contribution in [0.15, 0.2) is 48.5 Å². The Morgan fingerprint density at radius 3 is 2.58 bits per heavy atom. The number of amides is 1. The third-order valence-electron chi connectivity index (χ3n) is 6.01. The molecule has 0 radical (unpaired) electrons. The summed E-state index contributed by atoms with van der Waals surface area (Å²) in [5, 5.41) is 8.49. The molecule has 0 unspecified atom stereocenters. The maximum Gasteiger partial charge on any atom is 0.220 e. The maximum absolute atomic E-state index is 13.9. The van der Waals surface area contributed by atoms with Gasteiger partial charge in [-0.3, -0.25) is 4.79 Å². The average Bonchev–Trinajstić information content (AvgIpc) is 3.20. The summed E-state index contributed by atoms with van der Waals surface area (Å²) in [5.74, 6) is 0.822. The zero-order valence-corrected chi connectivity index (χ0v) is 21.1. The second-order valence-electron chi connectivity index (χ2n) is 8.45. The lowest BCUT2D eigenvalue weighted by Crippen LogP contribution is -2.23. The first-order valence-electron chi connectivity index (χ1n) is 12.2. The van der Waals surface area contributed by atoms with Crippen molar-refractivity contribution in [2.24, 2.45) is 0 Å². The van der Waals surface area contributed by atoms with Gasteiger partial charge in [0.05, 0.1) is 24.6 Å². The van der Waals surface area contributed by atoms with Gasteiger partial charge in [-0.15, -0.1) is 0 Å². The lowest BCUT2D eigenvalue weighted by Gasteiger charge is -2.14. The van der Waals surface area contributed by atoms with Crippen LogP contribution in [0.25, 0.3) is 16.7 Å². The second kappa shape index (κ2) is 11.2. The molecule has 4 rings (SSSR count). The number of benzene rings is 2. The minimum Gasteiger partial charge on any atom is -0.494 e. The second-order valence-corrected chi connectivity index (χ2v) is 8.45. The standard InChI is InChI=1S/C28H31FN4O3/c1-5-35-24-13-8-7-10-20(24)17-30-25(34)15-14-23-18(3)26-19(4)32-33(22-12-9-11-21(29)16-22)27(26)31-28(23)36-6-2/h7-13,16H,5-6,14-15,17H2,1-4H3,(H,30,34). The number of para-hydroxylation sites is 1. The molecule has 4 aromatic rings. The molecular formula is C28H31FN4O3. The Morgan fingerprint density at radius 2 is 1.83 bits per heavy atom. The highest BCUT2D eigenvalue weighted by molar-refractivity contribution is 5.86. The quantitative estimate of drug-likeness (QED) is 0.330. The number of nitrogens with zero attached hydrogens (tertiary/aromatic N) is 3. The highest BCUT2D eigenvalue weighted by Gasteiger charge is 2.21. The molecule has 0 saturated carbocycles. The summed E-state index contributed by atoms with van der Waals surface area (Å²) in [6, 6.07) is 13.9. The summed E-state index contributed by atoms with van der Waals surface area (Å²) in [5.41, 5.74) is 4.72. The molecule has 1 N–H and O–H groups in total. The van der Waals surface area contributed by atoms with Gasteiger partial charge in [-0.2, -0.15) is 10.1 Å². The van der Waals surface area contributed by atoms with E-state index >= 15 is 0 Å². The Bertz CT molecular complexity index is 1380. The van der Waals surface area contributed by atoms with Gasteiger partial charge >= 0.3 is 0 Å². The molecule has 0 saturated heterocycles. The number of hydrogen-bond donors (Lipinski definition) is 1. The van der Waals surface area contributed by atoms with Crippen LogP contribution in [-0.2, 0) is 17.8 Å². The van der Waals surface area contributed by atoms with Crippen LogP contribution in [0.5, 0.6) is 11.6 Å². The van der Waals surface area contributed by atoms with Gasteiger partial charge in [0.2, 0.25) is 11.8 Å². The monoisotopic (exact) mass is 490 g/mol. The Morgan fingerprint density at radius 1 is 1.06 bits per heavy atom. The van der Waals surface area contributed by atoms with Crippen LogP contribution in [0.4, 0.5) is 4.39 Å². The highest BCUT2D eigenvalue weighted by atomic mass is 19.1. The molecular weight excluding hydrogens is 459 g/mol. The first-order valence-corrected chi connectivity index (χ1v) is 12.2. The Kier molecular flexibility index (Phi) is 7.83. The van der Waals surface area contributed by atoms with Gasteiger partial charge in [-0.25, -0.2) is 9.07 Å². The highest BCUT2D eigenvalue weighted by Crippen LogP contribution is 2.32. The molecule has 8 heteroatoms. The lowest BCUT2D eigenvalue weighted by molar-refractivity contribution is -0.121. The van der Waals surface area contributed by atoms with E-state index in [-0.39, 0.29) is 18.1 Å². The van der Waals surface area contributed by atoms with E-state index in [0.717, 1.165) is 33.5 Å². The van der Waals surface area contributed by atoms with Crippen LogP contribution in [0, 0.1) is 19.7 Å². The van der Waals surface area contributed by atoms with Gasteiger partial charge in [-0.05, 0) is 63.9 Å². The van der Waals surface area contributed by atoms with Gasteiger partial charge in [0, 0.05) is 29.5 Å². The normalized spacial score (nSPS) is 11.0. The molecule has 0 aliphatic heterocycles. The van der Waals surface area contributed by atoms with Crippen LogP contribution in [-0.4, -0.2) is 33.9 Å². The van der Waals surface area contributed by atoms with Crippen molar-refractivity contribution in [3.63, 3.8) is 0 Å². The first-order chi connectivity index (χ1) is 17.4. The van der Waals surface area contributed by atoms with Crippen LogP contribution in [0.1, 0.15) is 42.7 Å². The molecule has 0 spiro atoms. The lowest BCUT2D eigenvalue weighted by atomic mass is 10.0. The number of ether oxygens (including phenoxy) is 2. The molecule has 2 aromatic carbocycles. The van der Waals surface area contributed by atoms with Crippen molar-refractivity contribution in [3.8, 4) is 17.3 Å². The van der Waals surface area contributed by atoms with Crippen molar-refractivity contribution in [2.45, 2.75) is 47.1 Å². The van der Waals surface area contributed by atoms with Crippen molar-refractivity contribution in [1.29, 1.82) is 0 Å². The van der Waals surface area contributed by atoms with Crippen molar-refractivity contribution in [3.05, 3.63) is 76.7 Å². The van der Waals surface area contributed by atoms with E-state index in [1.807, 2.05) is 52.0 Å². The molecule has 0 fully saturated rings. The van der Waals surface area contributed by atoms with Crippen LogP contribution >= 0.6 is 0 Å². The molecule has 0 aliphatic carbocycles. The summed E-state index contributed by atoms with van der Waals surface area (Å²) >= 11 is 0. The van der Waals surface area contributed by atoms with Crippen molar-refractivity contribution in [2.75, 3.05) is 13.2 Å². The topological polar surface area (TPSA) is 78.3 Å². The number of nitrogens with one attached hydrogen (secondary N) is 1. The van der Waals surface area contributed by atoms with E-state index in [0.29, 0.717) is 43.4 Å². The van der Waals surface area contributed by atoms with E-state index < -0.39 is 0 Å². The Balaban J connectivity index is 1.57. The molecule has 188 valence electrons. The maximum atomic E-state index is 13.9. The first kappa shape index (κ1) is 25.2. The number of carbonyl (C=O) groups is 1. The average molecular weight is 491 g/mol. The summed E-state index contributed by atoms with van der Waals surface area (Å²) < 4.78 is 27.0. The SMILES string of the molecule is CCOc1ccccc1CNC(=O)CCc1c(OCC)nc2c(c(C)nn2-c2cccc(F)c2)c1C. The molecule has 0 bridgehead atoms. The fraction of sp³-hybridized carbons (Fsp3) is 0.321. The van der Waals surface area contributed by atoms with Gasteiger partial charge in [0.25, 0.3) is 0 Å². The van der Waals surface area contributed by atoms with Gasteiger partial charge < -0.3 is 14.8 Å². The van der Waals surface area contributed by atoms with Crippen molar-refractivity contribution >= 4 is 16.9 Å². The number of rotatable bonds is 10. The zero-order chi connectivity index (χ0) is 25.7. The minimum absolute atomic E-state index is 0.0737. The third-order valence-corrected chi connectivity index (χ3v) is 6.01. The summed E-state index contributed by atoms with van der Waals surface area (Å²) in [7, 11) is 0. The predicted octanol–water partition coefficient (Wildman–Crippen LogP) is 5.22. The smallest absolute Gasteiger partial charge is 0.220 e. The van der Waals surface area contributed by atoms with E-state index in [9.17, 15) is 9.18 Å². The van der Waals surface area contributed by atoms with E-state index in [1.54, 1.807) is 16.8 Å². The van der Waals surface area contributed by atoms with Crippen LogP contribution in [0.2, 0.25) is 0 Å². The van der Waals surface area contributed by atoms with Gasteiger partial charge in [0.15, 0.2) is 5.65 Å². The molecule has 2 aromatic heterocycles. The van der Waals surface area contributed by atoms with E-state index in [1.165, 1.54) is 12.1 Å². The minimum atomic E-state index is -0.345. The van der Waals surface area contributed by atoms with E-state index in [4.69, 9.17) is 14.5 Å². The van der Waals surface area contributed by atoms with Crippen LogP contribution < -0.4 is 14.8 Å². The molecule has 2 heterocycles. The summed E-state index contributed by atoms with van der Waals surface area (Å²) in [6.45, 7) is 9.10. The largest absolute Gasteiger partial charge is 0.494 e. The number of carbonyl (C=O) groups excluding carboxylic acids is 1. The van der Waals surface area contributed by atoms with Crippen LogP contribution in [0.3, 0.4) is 0 Å². The molecule has 0 aliphatic rings. The Hall–Kier alpha value is -3.94. The molecule has 36 heavy (non-hydrogen) atoms. The van der Waals surface area contributed by atoms with Crippen molar-refractivity contribution in [1.82, 2.24) is 20.1 Å². The third kappa shape index (κ3) is 5.32. The number of aryl methyl sites for hydroxylation is 2. The predicted molar refractivity (Wildman–Crippen MR) is 137 cm³/mol. The number of hydrogen-bond acceptors (Lipinski definition) is 5. The molecule has 0 atom stereocenters. The fourth-order valence-electron chi connectivity index (χ4n) is 4.34. The Labute approximate surface area is 210 Å². The number of aromatic nitrogens is 3. The molecule has 1 amide bonds. The summed E-state index contributed by atoms with van der Waals surface area (Å²) in [6.07, 6.45) is 0.746. The fourth-order valence-corrected chi connectivity index (χ4v) is 4.34. The number of halogens is 1. The van der Waals surface area contributed by atoms with Gasteiger partial charge in [0.1, 0.15) is 11.6 Å². The van der Waals surface area contributed by atoms with Gasteiger partial charge in [-0.1, -0.05) is 24.3 Å².